The molecule has 0 saturated heterocycles. The Labute approximate surface area is 119 Å². The zero-order valence-corrected chi connectivity index (χ0v) is 12.0. The summed E-state index contributed by atoms with van der Waals surface area (Å²) in [6.45, 7) is 2.16. The van der Waals surface area contributed by atoms with Crippen molar-refractivity contribution in [2.45, 2.75) is 39.0 Å². The Kier molecular flexibility index (Phi) is 3.23. The Balaban J connectivity index is 2.42. The second-order valence-electron chi connectivity index (χ2n) is 5.15. The average molecular weight is 270 g/mol. The lowest BCUT2D eigenvalue weighted by molar-refractivity contribution is 0.670. The maximum Gasteiger partial charge on any atom is 0.105 e. The summed E-state index contributed by atoms with van der Waals surface area (Å²) < 4.78 is 0. The minimum atomic E-state index is 0.513. The molecule has 0 amide bonds. The van der Waals surface area contributed by atoms with Gasteiger partial charge in [0, 0.05) is 16.6 Å². The number of rotatable bonds is 2. The lowest BCUT2D eigenvalue weighted by Gasteiger charge is -2.21. The Morgan fingerprint density at radius 1 is 1.32 bits per heavy atom. The lowest BCUT2D eigenvalue weighted by atomic mass is 9.89. The summed E-state index contributed by atoms with van der Waals surface area (Å²) in [6, 6.07) is 6.33. The molecule has 0 radical (unpaired) electrons. The number of pyridine rings is 1. The molecule has 1 aromatic carbocycles. The molecule has 2 nitrogen and oxygen atoms in total. The highest BCUT2D eigenvalue weighted by molar-refractivity contribution is 7.80. The predicted octanol–water partition coefficient (Wildman–Crippen LogP) is 3.31. The summed E-state index contributed by atoms with van der Waals surface area (Å²) in [5, 5.41) is 1.13. The van der Waals surface area contributed by atoms with Gasteiger partial charge in [0.1, 0.15) is 4.99 Å². The molecule has 0 unspecified atom stereocenters. The molecule has 1 aliphatic rings. The van der Waals surface area contributed by atoms with Gasteiger partial charge in [-0.05, 0) is 43.2 Å². The van der Waals surface area contributed by atoms with Gasteiger partial charge in [0.05, 0.1) is 5.52 Å². The first-order valence-electron chi connectivity index (χ1n) is 6.95. The van der Waals surface area contributed by atoms with Gasteiger partial charge in [-0.1, -0.05) is 37.3 Å². The van der Waals surface area contributed by atoms with Crippen LogP contribution in [0.3, 0.4) is 0 Å². The quantitative estimate of drug-likeness (QED) is 0.851. The van der Waals surface area contributed by atoms with E-state index in [-0.39, 0.29) is 0 Å². The van der Waals surface area contributed by atoms with E-state index in [9.17, 15) is 0 Å². The summed E-state index contributed by atoms with van der Waals surface area (Å²) in [5.74, 6) is 0. The van der Waals surface area contributed by atoms with E-state index in [1.54, 1.807) is 0 Å². The van der Waals surface area contributed by atoms with E-state index in [0.717, 1.165) is 35.7 Å². The van der Waals surface area contributed by atoms with E-state index in [4.69, 9.17) is 22.9 Å². The number of hydrogen-bond acceptors (Lipinski definition) is 2. The first-order chi connectivity index (χ1) is 9.22. The van der Waals surface area contributed by atoms with Crippen molar-refractivity contribution in [3.63, 3.8) is 0 Å². The molecule has 0 atom stereocenters. The van der Waals surface area contributed by atoms with Crippen LogP contribution in [0.4, 0.5) is 0 Å². The molecule has 1 aromatic heterocycles. The minimum Gasteiger partial charge on any atom is -0.389 e. The standard InChI is InChI=1S/C16H18N2S/c1-2-10-6-5-8-12-14(16(17)19)11-7-3-4-9-13(11)18-15(10)12/h5-6,8H,2-4,7,9H2,1H3,(H2,17,19). The van der Waals surface area contributed by atoms with Crippen LogP contribution in [0, 0.1) is 0 Å². The van der Waals surface area contributed by atoms with Crippen LogP contribution < -0.4 is 5.73 Å². The van der Waals surface area contributed by atoms with Crippen LogP contribution in [0.2, 0.25) is 0 Å². The van der Waals surface area contributed by atoms with Crippen LogP contribution in [0.5, 0.6) is 0 Å². The number of fused-ring (bicyclic) bond motifs is 2. The molecule has 2 aromatic rings. The SMILES string of the molecule is CCc1cccc2c(C(N)=S)c3c(nc12)CCCC3. The van der Waals surface area contributed by atoms with Gasteiger partial charge < -0.3 is 5.73 Å². The van der Waals surface area contributed by atoms with Gasteiger partial charge in [-0.25, -0.2) is 0 Å². The van der Waals surface area contributed by atoms with E-state index in [2.05, 4.69) is 25.1 Å². The third-order valence-corrected chi connectivity index (χ3v) is 4.21. The molecule has 1 aliphatic carbocycles. The highest BCUT2D eigenvalue weighted by atomic mass is 32.1. The van der Waals surface area contributed by atoms with Crippen molar-refractivity contribution in [3.8, 4) is 0 Å². The van der Waals surface area contributed by atoms with E-state index in [1.165, 1.54) is 29.7 Å². The van der Waals surface area contributed by atoms with Crippen molar-refractivity contribution in [2.24, 2.45) is 5.73 Å². The van der Waals surface area contributed by atoms with Crippen molar-refractivity contribution in [1.29, 1.82) is 0 Å². The van der Waals surface area contributed by atoms with Gasteiger partial charge in [-0.15, -0.1) is 0 Å². The summed E-state index contributed by atoms with van der Waals surface area (Å²) in [6.07, 6.45) is 5.53. The zero-order valence-electron chi connectivity index (χ0n) is 11.2. The smallest absolute Gasteiger partial charge is 0.105 e. The van der Waals surface area contributed by atoms with Crippen molar-refractivity contribution in [2.75, 3.05) is 0 Å². The van der Waals surface area contributed by atoms with Crippen LogP contribution >= 0.6 is 12.2 Å². The molecule has 1 heterocycles. The fraction of sp³-hybridized carbons (Fsp3) is 0.375. The van der Waals surface area contributed by atoms with Crippen molar-refractivity contribution >= 4 is 28.1 Å². The number of benzene rings is 1. The molecule has 0 bridgehead atoms. The third kappa shape index (κ3) is 2.02. The molecular weight excluding hydrogens is 252 g/mol. The molecule has 2 N–H and O–H groups in total. The number of thiocarbonyl (C=S) groups is 1. The predicted molar refractivity (Wildman–Crippen MR) is 83.7 cm³/mol. The number of aryl methyl sites for hydroxylation is 2. The number of hydrogen-bond donors (Lipinski definition) is 1. The van der Waals surface area contributed by atoms with Crippen molar-refractivity contribution in [3.05, 3.63) is 40.6 Å². The van der Waals surface area contributed by atoms with Gasteiger partial charge >= 0.3 is 0 Å². The summed E-state index contributed by atoms with van der Waals surface area (Å²) in [7, 11) is 0. The van der Waals surface area contributed by atoms with E-state index in [1.807, 2.05) is 0 Å². The molecular formula is C16H18N2S. The van der Waals surface area contributed by atoms with Crippen LogP contribution in [0.1, 0.15) is 42.1 Å². The second-order valence-corrected chi connectivity index (χ2v) is 5.59. The average Bonchev–Trinajstić information content (AvgIpc) is 2.43. The monoisotopic (exact) mass is 270 g/mol. The summed E-state index contributed by atoms with van der Waals surface area (Å²) in [4.78, 5) is 5.43. The van der Waals surface area contributed by atoms with Crippen LogP contribution in [-0.2, 0) is 19.3 Å². The molecule has 0 saturated carbocycles. The maximum atomic E-state index is 6.00. The minimum absolute atomic E-state index is 0.513. The van der Waals surface area contributed by atoms with Gasteiger partial charge in [0.25, 0.3) is 0 Å². The Morgan fingerprint density at radius 3 is 2.84 bits per heavy atom. The van der Waals surface area contributed by atoms with Crippen LogP contribution in [0.25, 0.3) is 10.9 Å². The molecule has 3 heteroatoms. The van der Waals surface area contributed by atoms with Gasteiger partial charge in [0.15, 0.2) is 0 Å². The van der Waals surface area contributed by atoms with Gasteiger partial charge in [-0.2, -0.15) is 0 Å². The molecule has 3 rings (SSSR count). The van der Waals surface area contributed by atoms with E-state index in [0.29, 0.717) is 4.99 Å². The first-order valence-corrected chi connectivity index (χ1v) is 7.36. The first kappa shape index (κ1) is 12.5. The number of aromatic nitrogens is 1. The Bertz CT molecular complexity index is 661. The summed E-state index contributed by atoms with van der Waals surface area (Å²) >= 11 is 5.30. The highest BCUT2D eigenvalue weighted by Gasteiger charge is 2.20. The number of nitrogens with zero attached hydrogens (tertiary/aromatic N) is 1. The Hall–Kier alpha value is -1.48. The zero-order chi connectivity index (χ0) is 13.4. The molecule has 0 aliphatic heterocycles. The largest absolute Gasteiger partial charge is 0.389 e. The van der Waals surface area contributed by atoms with E-state index >= 15 is 0 Å². The van der Waals surface area contributed by atoms with Gasteiger partial charge in [-0.3, -0.25) is 4.98 Å². The highest BCUT2D eigenvalue weighted by Crippen LogP contribution is 2.30. The van der Waals surface area contributed by atoms with E-state index < -0.39 is 0 Å². The van der Waals surface area contributed by atoms with Crippen LogP contribution in [-0.4, -0.2) is 9.97 Å². The lowest BCUT2D eigenvalue weighted by Crippen LogP contribution is -2.18. The topological polar surface area (TPSA) is 38.9 Å². The number of para-hydroxylation sites is 1. The van der Waals surface area contributed by atoms with Crippen LogP contribution in [0.15, 0.2) is 18.2 Å². The third-order valence-electron chi connectivity index (χ3n) is 4.00. The second kappa shape index (κ2) is 4.89. The maximum absolute atomic E-state index is 6.00. The fourth-order valence-electron chi connectivity index (χ4n) is 3.07. The van der Waals surface area contributed by atoms with Crippen molar-refractivity contribution < 1.29 is 0 Å². The van der Waals surface area contributed by atoms with Crippen molar-refractivity contribution in [1.82, 2.24) is 4.98 Å². The molecule has 0 fully saturated rings. The fourth-order valence-corrected chi connectivity index (χ4v) is 3.30. The molecule has 98 valence electrons. The number of nitrogens with two attached hydrogens (primary N) is 1. The Morgan fingerprint density at radius 2 is 2.11 bits per heavy atom. The van der Waals surface area contributed by atoms with Gasteiger partial charge in [0.2, 0.25) is 0 Å². The molecule has 0 spiro atoms. The molecule has 19 heavy (non-hydrogen) atoms. The normalized spacial score (nSPS) is 14.4. The summed E-state index contributed by atoms with van der Waals surface area (Å²) in [5.41, 5.74) is 11.9.